The molecule has 1 amide bonds. The largest absolute Gasteiger partial charge is 0.481 e. The molecule has 0 bridgehead atoms. The van der Waals surface area contributed by atoms with E-state index in [9.17, 15) is 24.3 Å². The van der Waals surface area contributed by atoms with Gasteiger partial charge in [-0.05, 0) is 60.2 Å². The van der Waals surface area contributed by atoms with E-state index in [4.69, 9.17) is 9.57 Å². The van der Waals surface area contributed by atoms with E-state index in [0.717, 1.165) is 22.3 Å². The Labute approximate surface area is 215 Å². The first-order valence-corrected chi connectivity index (χ1v) is 11.8. The summed E-state index contributed by atoms with van der Waals surface area (Å²) < 4.78 is 4.96. The number of carboxylic acids is 1. The van der Waals surface area contributed by atoms with Crippen LogP contribution in [0.4, 0.5) is 0 Å². The predicted octanol–water partition coefficient (Wildman–Crippen LogP) is 4.75. The summed E-state index contributed by atoms with van der Waals surface area (Å²) in [5.74, 6) is -2.18. The second kappa shape index (κ2) is 13.1. The molecule has 0 heterocycles. The number of esters is 1. The van der Waals surface area contributed by atoms with Crippen LogP contribution in [0.15, 0.2) is 72.8 Å². The molecule has 3 aromatic carbocycles. The summed E-state index contributed by atoms with van der Waals surface area (Å²) in [6.45, 7) is 2.93. The van der Waals surface area contributed by atoms with E-state index in [1.165, 1.54) is 13.8 Å². The minimum atomic E-state index is -0.981. The lowest BCUT2D eigenvalue weighted by molar-refractivity contribution is -0.142. The molecule has 3 aromatic rings. The van der Waals surface area contributed by atoms with Crippen molar-refractivity contribution in [2.24, 2.45) is 5.92 Å². The van der Waals surface area contributed by atoms with Crippen LogP contribution < -0.4 is 10.2 Å². The normalized spacial score (nSPS) is 11.4. The number of hydrogen-bond acceptors (Lipinski definition) is 6. The highest BCUT2D eigenvalue weighted by atomic mass is 16.6. The Kier molecular flexibility index (Phi) is 9.69. The second-order valence-corrected chi connectivity index (χ2v) is 8.67. The predicted molar refractivity (Wildman–Crippen MR) is 137 cm³/mol. The average molecular weight is 504 g/mol. The molecule has 0 aliphatic carbocycles. The van der Waals surface area contributed by atoms with E-state index in [1.54, 1.807) is 30.3 Å². The van der Waals surface area contributed by atoms with Gasteiger partial charge in [-0.15, -0.1) is 0 Å². The van der Waals surface area contributed by atoms with Crippen LogP contribution in [0.25, 0.3) is 11.1 Å². The average Bonchev–Trinajstić information content (AvgIpc) is 2.87. The highest BCUT2D eigenvalue weighted by Gasteiger charge is 2.20. The standard InChI is InChI=1S/C29H29NO7/c1-19(31)23-6-4-8-25(17-23)24-7-3-5-22(15-24)16-26(29(34)35)11-14-28(33)30-36-18-21-9-12-27(13-10-21)37-20(2)32/h3-10,12-13,15,17,26H,11,14,16,18H2,1-2H3,(H,30,33)(H,34,35). The molecule has 192 valence electrons. The molecule has 0 saturated heterocycles. The second-order valence-electron chi connectivity index (χ2n) is 8.67. The number of ether oxygens (including phenoxy) is 1. The Morgan fingerprint density at radius 1 is 0.865 bits per heavy atom. The number of nitrogens with one attached hydrogen (secondary N) is 1. The SMILES string of the molecule is CC(=O)Oc1ccc(CONC(=O)CCC(Cc2cccc(-c3cccc(C(C)=O)c3)c2)C(=O)O)cc1. The first-order chi connectivity index (χ1) is 17.7. The molecule has 0 aliphatic rings. The van der Waals surface area contributed by atoms with E-state index < -0.39 is 23.8 Å². The third-order valence-electron chi connectivity index (χ3n) is 5.69. The van der Waals surface area contributed by atoms with E-state index in [1.807, 2.05) is 42.5 Å². The summed E-state index contributed by atoms with van der Waals surface area (Å²) in [5.41, 5.74) is 6.29. The molecule has 0 radical (unpaired) electrons. The van der Waals surface area contributed by atoms with Crippen LogP contribution in [-0.4, -0.2) is 28.7 Å². The van der Waals surface area contributed by atoms with Gasteiger partial charge in [-0.25, -0.2) is 5.48 Å². The number of benzene rings is 3. The maximum atomic E-state index is 12.2. The molecule has 1 unspecified atom stereocenters. The number of ketones is 1. The lowest BCUT2D eigenvalue weighted by Gasteiger charge is -2.14. The van der Waals surface area contributed by atoms with Crippen LogP contribution in [0.5, 0.6) is 5.75 Å². The highest BCUT2D eigenvalue weighted by Crippen LogP contribution is 2.24. The van der Waals surface area contributed by atoms with Gasteiger partial charge in [0.2, 0.25) is 5.91 Å². The molecule has 0 aromatic heterocycles. The molecule has 37 heavy (non-hydrogen) atoms. The number of carbonyl (C=O) groups excluding carboxylic acids is 3. The van der Waals surface area contributed by atoms with E-state index >= 15 is 0 Å². The Hall–Kier alpha value is -4.30. The van der Waals surface area contributed by atoms with Crippen LogP contribution in [0.2, 0.25) is 0 Å². The van der Waals surface area contributed by atoms with Crippen molar-refractivity contribution in [3.05, 3.63) is 89.5 Å². The van der Waals surface area contributed by atoms with Gasteiger partial charge in [0.1, 0.15) is 5.75 Å². The highest BCUT2D eigenvalue weighted by molar-refractivity contribution is 5.95. The van der Waals surface area contributed by atoms with Crippen molar-refractivity contribution in [2.45, 2.75) is 39.7 Å². The van der Waals surface area contributed by atoms with E-state index in [2.05, 4.69) is 5.48 Å². The molecule has 3 rings (SSSR count). The van der Waals surface area contributed by atoms with Crippen molar-refractivity contribution in [3.8, 4) is 16.9 Å². The zero-order valence-corrected chi connectivity index (χ0v) is 20.7. The minimum Gasteiger partial charge on any atom is -0.481 e. The summed E-state index contributed by atoms with van der Waals surface area (Å²) in [7, 11) is 0. The van der Waals surface area contributed by atoms with Crippen molar-refractivity contribution in [2.75, 3.05) is 0 Å². The maximum absolute atomic E-state index is 12.2. The molecule has 0 spiro atoms. The van der Waals surface area contributed by atoms with Crippen LogP contribution in [0.3, 0.4) is 0 Å². The minimum absolute atomic E-state index is 0.0112. The number of rotatable bonds is 12. The maximum Gasteiger partial charge on any atom is 0.308 e. The van der Waals surface area contributed by atoms with Crippen molar-refractivity contribution < 1.29 is 33.9 Å². The van der Waals surface area contributed by atoms with Crippen molar-refractivity contribution in [1.29, 1.82) is 0 Å². The number of hydrogen-bond donors (Lipinski definition) is 2. The Balaban J connectivity index is 1.51. The summed E-state index contributed by atoms with van der Waals surface area (Å²) in [6.07, 6.45) is 0.396. The quantitative estimate of drug-likeness (QED) is 0.158. The Morgan fingerprint density at radius 3 is 2.19 bits per heavy atom. The number of carboxylic acid groups (broad SMARTS) is 1. The number of hydroxylamine groups is 1. The molecule has 8 heteroatoms. The fraction of sp³-hybridized carbons (Fsp3) is 0.241. The van der Waals surface area contributed by atoms with Crippen molar-refractivity contribution >= 4 is 23.6 Å². The fourth-order valence-corrected chi connectivity index (χ4v) is 3.77. The van der Waals surface area contributed by atoms with E-state index in [-0.39, 0.29) is 31.7 Å². The monoisotopic (exact) mass is 503 g/mol. The van der Waals surface area contributed by atoms with Gasteiger partial charge in [0.15, 0.2) is 5.78 Å². The van der Waals surface area contributed by atoms with Crippen LogP contribution in [-0.2, 0) is 32.2 Å². The number of Topliss-reactive ketones (excluding diaryl/α,β-unsaturated/α-hetero) is 1. The van der Waals surface area contributed by atoms with E-state index in [0.29, 0.717) is 11.3 Å². The van der Waals surface area contributed by atoms with Crippen LogP contribution >= 0.6 is 0 Å². The third kappa shape index (κ3) is 8.70. The molecule has 2 N–H and O–H groups in total. The smallest absolute Gasteiger partial charge is 0.308 e. The summed E-state index contributed by atoms with van der Waals surface area (Å²) in [4.78, 5) is 51.9. The van der Waals surface area contributed by atoms with Gasteiger partial charge < -0.3 is 9.84 Å². The lowest BCUT2D eigenvalue weighted by atomic mass is 9.92. The van der Waals surface area contributed by atoms with Crippen LogP contribution in [0, 0.1) is 5.92 Å². The van der Waals surface area contributed by atoms with Gasteiger partial charge in [0.05, 0.1) is 12.5 Å². The Bertz CT molecular complexity index is 1270. The summed E-state index contributed by atoms with van der Waals surface area (Å²) in [6, 6.07) is 21.5. The molecular weight excluding hydrogens is 474 g/mol. The fourth-order valence-electron chi connectivity index (χ4n) is 3.77. The number of carbonyl (C=O) groups is 4. The van der Waals surface area contributed by atoms with Gasteiger partial charge >= 0.3 is 11.9 Å². The molecule has 0 fully saturated rings. The summed E-state index contributed by atoms with van der Waals surface area (Å²) >= 11 is 0. The number of aliphatic carboxylic acids is 1. The zero-order chi connectivity index (χ0) is 26.8. The molecular formula is C29H29NO7. The Morgan fingerprint density at radius 2 is 1.54 bits per heavy atom. The van der Waals surface area contributed by atoms with Gasteiger partial charge in [-0.1, -0.05) is 54.6 Å². The van der Waals surface area contributed by atoms with Gasteiger partial charge in [0, 0.05) is 18.9 Å². The first-order valence-electron chi connectivity index (χ1n) is 11.8. The topological polar surface area (TPSA) is 119 Å². The van der Waals surface area contributed by atoms with Gasteiger partial charge in [0.25, 0.3) is 0 Å². The van der Waals surface area contributed by atoms with Crippen LogP contribution in [0.1, 0.15) is 48.2 Å². The zero-order valence-electron chi connectivity index (χ0n) is 20.7. The number of amides is 1. The van der Waals surface area contributed by atoms with Crippen molar-refractivity contribution in [3.63, 3.8) is 0 Å². The lowest BCUT2D eigenvalue weighted by Crippen LogP contribution is -2.25. The summed E-state index contributed by atoms with van der Waals surface area (Å²) in [5, 5.41) is 9.70. The van der Waals surface area contributed by atoms with Gasteiger partial charge in [-0.3, -0.25) is 24.0 Å². The molecule has 8 nitrogen and oxygen atoms in total. The molecule has 0 saturated carbocycles. The molecule has 0 aliphatic heterocycles. The molecule has 1 atom stereocenters. The third-order valence-corrected chi connectivity index (χ3v) is 5.69. The van der Waals surface area contributed by atoms with Gasteiger partial charge in [-0.2, -0.15) is 0 Å². The van der Waals surface area contributed by atoms with Crippen molar-refractivity contribution in [1.82, 2.24) is 5.48 Å². The first kappa shape index (κ1) is 27.3.